The number of hydrogen-bond acceptors (Lipinski definition) is 4. The minimum Gasteiger partial charge on any atom is -0.348 e. The molecule has 28 heavy (non-hydrogen) atoms. The van der Waals surface area contributed by atoms with E-state index in [1.807, 2.05) is 44.1 Å². The van der Waals surface area contributed by atoms with E-state index in [0.717, 1.165) is 47.6 Å². The Morgan fingerprint density at radius 1 is 1.25 bits per heavy atom. The van der Waals surface area contributed by atoms with Gasteiger partial charge < -0.3 is 19.4 Å². The molecule has 1 saturated carbocycles. The Labute approximate surface area is 165 Å². The zero-order chi connectivity index (χ0) is 19.7. The Morgan fingerprint density at radius 3 is 2.71 bits per heavy atom. The summed E-state index contributed by atoms with van der Waals surface area (Å²) in [5.41, 5.74) is 3.95. The van der Waals surface area contributed by atoms with Gasteiger partial charge in [-0.25, -0.2) is 9.97 Å². The van der Waals surface area contributed by atoms with Gasteiger partial charge >= 0.3 is 0 Å². The number of H-pyrrole nitrogens is 1. The highest BCUT2D eigenvalue weighted by atomic mass is 16.2. The third-order valence-electron chi connectivity index (χ3n) is 5.36. The maximum atomic E-state index is 13.3. The predicted molar refractivity (Wildman–Crippen MR) is 109 cm³/mol. The van der Waals surface area contributed by atoms with Gasteiger partial charge in [-0.1, -0.05) is 12.1 Å². The molecule has 1 fully saturated rings. The van der Waals surface area contributed by atoms with E-state index in [1.54, 1.807) is 6.33 Å². The first kappa shape index (κ1) is 18.7. The summed E-state index contributed by atoms with van der Waals surface area (Å²) in [6, 6.07) is 8.10. The van der Waals surface area contributed by atoms with Crippen LogP contribution in [0.2, 0.25) is 0 Å². The molecule has 1 aliphatic rings. The van der Waals surface area contributed by atoms with Crippen molar-refractivity contribution >= 4 is 16.9 Å². The lowest BCUT2D eigenvalue weighted by molar-refractivity contribution is -0.132. The van der Waals surface area contributed by atoms with Crippen LogP contribution in [0.15, 0.2) is 30.6 Å². The normalized spacial score (nSPS) is 14.1. The number of amides is 1. The minimum atomic E-state index is 0.106. The lowest BCUT2D eigenvalue weighted by atomic mass is 10.3. The Hall–Kier alpha value is -2.67. The summed E-state index contributed by atoms with van der Waals surface area (Å²) < 4.78 is 2.12. The number of para-hydroxylation sites is 2. The van der Waals surface area contributed by atoms with Crippen molar-refractivity contribution in [3.05, 3.63) is 47.8 Å². The van der Waals surface area contributed by atoms with E-state index in [1.165, 1.54) is 0 Å². The van der Waals surface area contributed by atoms with Crippen LogP contribution < -0.4 is 0 Å². The van der Waals surface area contributed by atoms with E-state index in [0.29, 0.717) is 25.6 Å². The number of nitrogens with one attached hydrogen (secondary N) is 1. The minimum absolute atomic E-state index is 0.106. The van der Waals surface area contributed by atoms with Crippen molar-refractivity contribution in [1.82, 2.24) is 29.3 Å². The molecule has 0 spiro atoms. The lowest BCUT2D eigenvalue weighted by Crippen LogP contribution is -2.38. The molecule has 1 aliphatic carbocycles. The van der Waals surface area contributed by atoms with Gasteiger partial charge in [0.15, 0.2) is 0 Å². The number of nitrogens with zero attached hydrogens (tertiary/aromatic N) is 5. The quantitative estimate of drug-likeness (QED) is 0.652. The molecular weight excluding hydrogens is 352 g/mol. The van der Waals surface area contributed by atoms with Crippen molar-refractivity contribution < 1.29 is 4.79 Å². The molecule has 4 rings (SSSR count). The molecule has 2 aromatic heterocycles. The largest absolute Gasteiger partial charge is 0.348 e. The molecular formula is C21H28N6O. The van der Waals surface area contributed by atoms with E-state index in [9.17, 15) is 4.79 Å². The number of likely N-dealkylation sites (N-methyl/N-ethyl adjacent to an activating group) is 1. The smallest absolute Gasteiger partial charge is 0.242 e. The van der Waals surface area contributed by atoms with Crippen LogP contribution in [0, 0.1) is 6.92 Å². The second kappa shape index (κ2) is 7.75. The first-order chi connectivity index (χ1) is 13.5. The van der Waals surface area contributed by atoms with Gasteiger partial charge in [-0.3, -0.25) is 4.79 Å². The van der Waals surface area contributed by atoms with Gasteiger partial charge in [0.25, 0.3) is 0 Å². The highest BCUT2D eigenvalue weighted by Crippen LogP contribution is 2.40. The maximum absolute atomic E-state index is 13.3. The standard InChI is InChI=1S/C21H28N6O/c1-15-18(23-14-22-15)12-26(11-10-25(2)3)20(28)13-27-19-7-5-4-6-17(19)24-21(27)16-8-9-16/h4-7,14,16H,8-13H2,1-3H3,(H,22,23). The molecule has 7 nitrogen and oxygen atoms in total. The van der Waals surface area contributed by atoms with Crippen LogP contribution in [0.4, 0.5) is 0 Å². The molecule has 0 unspecified atom stereocenters. The summed E-state index contributed by atoms with van der Waals surface area (Å²) in [7, 11) is 4.05. The Balaban J connectivity index is 1.59. The predicted octanol–water partition coefficient (Wildman–Crippen LogP) is 2.54. The van der Waals surface area contributed by atoms with Crippen LogP contribution in [-0.2, 0) is 17.9 Å². The molecule has 0 saturated heterocycles. The number of benzene rings is 1. The number of aromatic amines is 1. The molecule has 7 heteroatoms. The van der Waals surface area contributed by atoms with Crippen molar-refractivity contribution in [2.45, 2.75) is 38.8 Å². The average molecular weight is 380 g/mol. The monoisotopic (exact) mass is 380 g/mol. The van der Waals surface area contributed by atoms with E-state index in [-0.39, 0.29) is 5.91 Å². The molecule has 3 aromatic rings. The Morgan fingerprint density at radius 2 is 2.04 bits per heavy atom. The second-order valence-electron chi connectivity index (χ2n) is 7.91. The number of carbonyl (C=O) groups is 1. The maximum Gasteiger partial charge on any atom is 0.242 e. The van der Waals surface area contributed by atoms with Crippen molar-refractivity contribution in [3.8, 4) is 0 Å². The number of imidazole rings is 2. The first-order valence-corrected chi connectivity index (χ1v) is 9.89. The third kappa shape index (κ3) is 3.94. The van der Waals surface area contributed by atoms with E-state index >= 15 is 0 Å². The molecule has 1 amide bonds. The van der Waals surface area contributed by atoms with Crippen molar-refractivity contribution in [2.75, 3.05) is 27.2 Å². The van der Waals surface area contributed by atoms with Crippen molar-refractivity contribution in [2.24, 2.45) is 0 Å². The van der Waals surface area contributed by atoms with Gasteiger partial charge in [0.05, 0.1) is 29.6 Å². The summed E-state index contributed by atoms with van der Waals surface area (Å²) in [5, 5.41) is 0. The van der Waals surface area contributed by atoms with Crippen LogP contribution in [0.1, 0.15) is 36.0 Å². The summed E-state index contributed by atoms with van der Waals surface area (Å²) in [6.07, 6.45) is 4.01. The fourth-order valence-corrected chi connectivity index (χ4v) is 3.49. The van der Waals surface area contributed by atoms with E-state index in [4.69, 9.17) is 4.98 Å². The van der Waals surface area contributed by atoms with Gasteiger partial charge in [-0.05, 0) is 46.0 Å². The zero-order valence-corrected chi connectivity index (χ0v) is 16.9. The van der Waals surface area contributed by atoms with Crippen LogP contribution >= 0.6 is 0 Å². The summed E-state index contributed by atoms with van der Waals surface area (Å²) in [6.45, 7) is 4.32. The molecule has 0 bridgehead atoms. The van der Waals surface area contributed by atoms with Crippen LogP contribution in [0.3, 0.4) is 0 Å². The summed E-state index contributed by atoms with van der Waals surface area (Å²) >= 11 is 0. The van der Waals surface area contributed by atoms with E-state index in [2.05, 4.69) is 25.5 Å². The fraction of sp³-hybridized carbons (Fsp3) is 0.476. The summed E-state index contributed by atoms with van der Waals surface area (Å²) in [4.78, 5) is 29.6. The van der Waals surface area contributed by atoms with Crippen molar-refractivity contribution in [1.29, 1.82) is 0 Å². The number of fused-ring (bicyclic) bond motifs is 1. The fourth-order valence-electron chi connectivity index (χ4n) is 3.49. The molecule has 148 valence electrons. The van der Waals surface area contributed by atoms with Crippen LogP contribution in [-0.4, -0.2) is 62.4 Å². The highest BCUT2D eigenvalue weighted by molar-refractivity contribution is 5.81. The first-order valence-electron chi connectivity index (χ1n) is 9.89. The number of rotatable bonds is 8. The van der Waals surface area contributed by atoms with Crippen LogP contribution in [0.25, 0.3) is 11.0 Å². The van der Waals surface area contributed by atoms with Gasteiger partial charge in [0.2, 0.25) is 5.91 Å². The number of carbonyl (C=O) groups excluding carboxylic acids is 1. The van der Waals surface area contributed by atoms with Crippen molar-refractivity contribution in [3.63, 3.8) is 0 Å². The molecule has 1 aromatic carbocycles. The third-order valence-corrected chi connectivity index (χ3v) is 5.36. The lowest BCUT2D eigenvalue weighted by Gasteiger charge is -2.25. The van der Waals surface area contributed by atoms with E-state index < -0.39 is 0 Å². The zero-order valence-electron chi connectivity index (χ0n) is 16.9. The van der Waals surface area contributed by atoms with Gasteiger partial charge in [-0.15, -0.1) is 0 Å². The van der Waals surface area contributed by atoms with Gasteiger partial charge in [0, 0.05) is 24.7 Å². The van der Waals surface area contributed by atoms with Crippen LogP contribution in [0.5, 0.6) is 0 Å². The van der Waals surface area contributed by atoms with Gasteiger partial charge in [-0.2, -0.15) is 0 Å². The highest BCUT2D eigenvalue weighted by Gasteiger charge is 2.30. The molecule has 0 radical (unpaired) electrons. The topological polar surface area (TPSA) is 70.1 Å². The number of aryl methyl sites for hydroxylation is 1. The Bertz CT molecular complexity index is 968. The molecule has 2 heterocycles. The SMILES string of the molecule is Cc1[nH]cnc1CN(CCN(C)C)C(=O)Cn1c(C2CC2)nc2ccccc21. The van der Waals surface area contributed by atoms with Gasteiger partial charge in [0.1, 0.15) is 12.4 Å². The molecule has 1 N–H and O–H groups in total. The summed E-state index contributed by atoms with van der Waals surface area (Å²) in [5.74, 6) is 1.65. The number of hydrogen-bond donors (Lipinski definition) is 1. The average Bonchev–Trinajstić information content (AvgIpc) is 3.35. The molecule has 0 atom stereocenters. The number of aromatic nitrogens is 4. The Kier molecular flexibility index (Phi) is 5.17. The molecule has 0 aliphatic heterocycles. The second-order valence-corrected chi connectivity index (χ2v) is 7.91.